The number of nitrogens with one attached hydrogen (secondary N) is 1. The van der Waals surface area contributed by atoms with E-state index >= 15 is 0 Å². The number of hydrogen-bond acceptors (Lipinski definition) is 6. The molecule has 0 bridgehead atoms. The summed E-state index contributed by atoms with van der Waals surface area (Å²) in [5.41, 5.74) is 4.76. The summed E-state index contributed by atoms with van der Waals surface area (Å²) in [5, 5.41) is 6.73. The maximum absolute atomic E-state index is 5.49. The van der Waals surface area contributed by atoms with Gasteiger partial charge in [0.15, 0.2) is 11.5 Å². The Morgan fingerprint density at radius 3 is 2.52 bits per heavy atom. The van der Waals surface area contributed by atoms with Crippen molar-refractivity contribution in [2.24, 2.45) is 0 Å². The molecule has 1 unspecified atom stereocenters. The SMILES string of the molecule is CCc1ccccc1-c1csc(C(C)Nc2nc(C)nc3cc(OC)c(OC)cc23)c1. The number of hydrogen-bond donors (Lipinski definition) is 1. The topological polar surface area (TPSA) is 56.3 Å². The number of benzene rings is 2. The van der Waals surface area contributed by atoms with Gasteiger partial charge < -0.3 is 14.8 Å². The van der Waals surface area contributed by atoms with E-state index in [0.29, 0.717) is 17.3 Å². The van der Waals surface area contributed by atoms with Crippen LogP contribution in [0, 0.1) is 6.92 Å². The highest BCUT2D eigenvalue weighted by molar-refractivity contribution is 7.10. The highest BCUT2D eigenvalue weighted by atomic mass is 32.1. The van der Waals surface area contributed by atoms with E-state index in [2.05, 4.69) is 64.8 Å². The fraction of sp³-hybridized carbons (Fsp3) is 0.280. The first-order valence-corrected chi connectivity index (χ1v) is 11.3. The first-order valence-electron chi connectivity index (χ1n) is 10.4. The molecule has 1 atom stereocenters. The van der Waals surface area contributed by atoms with Crippen LogP contribution in [-0.2, 0) is 6.42 Å². The van der Waals surface area contributed by atoms with Gasteiger partial charge in [0.05, 0.1) is 25.8 Å². The van der Waals surface area contributed by atoms with Crippen LogP contribution in [0.5, 0.6) is 11.5 Å². The standard InChI is InChI=1S/C25H27N3O2S/c1-6-17-9-7-8-10-19(17)18-11-24(31-14-18)15(2)26-25-20-12-22(29-4)23(30-5)13-21(20)27-16(3)28-25/h7-15H,6H2,1-5H3,(H,26,27,28). The lowest BCUT2D eigenvalue weighted by Gasteiger charge is -2.16. The summed E-state index contributed by atoms with van der Waals surface area (Å²) >= 11 is 1.76. The van der Waals surface area contributed by atoms with Gasteiger partial charge in [0.1, 0.15) is 11.6 Å². The lowest BCUT2D eigenvalue weighted by Crippen LogP contribution is -2.08. The molecule has 2 heterocycles. The van der Waals surface area contributed by atoms with Gasteiger partial charge in [0.25, 0.3) is 0 Å². The lowest BCUT2D eigenvalue weighted by atomic mass is 10.00. The summed E-state index contributed by atoms with van der Waals surface area (Å²) < 4.78 is 10.9. The van der Waals surface area contributed by atoms with Crippen molar-refractivity contribution in [3.05, 3.63) is 64.1 Å². The van der Waals surface area contributed by atoms with E-state index in [0.717, 1.165) is 23.1 Å². The highest BCUT2D eigenvalue weighted by Crippen LogP contribution is 2.36. The third kappa shape index (κ3) is 4.21. The molecule has 4 rings (SSSR count). The molecule has 0 spiro atoms. The van der Waals surface area contributed by atoms with Gasteiger partial charge in [0, 0.05) is 16.3 Å². The van der Waals surface area contributed by atoms with Gasteiger partial charge in [-0.25, -0.2) is 9.97 Å². The van der Waals surface area contributed by atoms with Crippen molar-refractivity contribution >= 4 is 28.1 Å². The van der Waals surface area contributed by atoms with Crippen molar-refractivity contribution in [1.29, 1.82) is 0 Å². The number of thiophene rings is 1. The molecule has 160 valence electrons. The van der Waals surface area contributed by atoms with Crippen LogP contribution in [-0.4, -0.2) is 24.2 Å². The van der Waals surface area contributed by atoms with Crippen molar-refractivity contribution in [3.63, 3.8) is 0 Å². The summed E-state index contributed by atoms with van der Waals surface area (Å²) in [6.45, 7) is 6.25. The van der Waals surface area contributed by atoms with Gasteiger partial charge in [-0.05, 0) is 54.5 Å². The first-order chi connectivity index (χ1) is 15.0. The van der Waals surface area contributed by atoms with Crippen LogP contribution in [0.4, 0.5) is 5.82 Å². The molecule has 2 aromatic heterocycles. The van der Waals surface area contributed by atoms with Crippen LogP contribution in [0.2, 0.25) is 0 Å². The van der Waals surface area contributed by atoms with E-state index in [9.17, 15) is 0 Å². The van der Waals surface area contributed by atoms with E-state index in [1.165, 1.54) is 21.6 Å². The van der Waals surface area contributed by atoms with Gasteiger partial charge in [-0.3, -0.25) is 0 Å². The molecule has 6 heteroatoms. The molecule has 31 heavy (non-hydrogen) atoms. The van der Waals surface area contributed by atoms with Crippen LogP contribution in [0.15, 0.2) is 47.8 Å². The number of methoxy groups -OCH3 is 2. The van der Waals surface area contributed by atoms with Gasteiger partial charge in [-0.1, -0.05) is 31.2 Å². The summed E-state index contributed by atoms with van der Waals surface area (Å²) in [6.07, 6.45) is 1.02. The number of nitrogens with zero attached hydrogens (tertiary/aromatic N) is 2. The Kier molecular flexibility index (Phi) is 6.09. The molecule has 1 N–H and O–H groups in total. The van der Waals surface area contributed by atoms with Crippen molar-refractivity contribution in [2.45, 2.75) is 33.2 Å². The molecule has 0 aliphatic heterocycles. The number of anilines is 1. The minimum Gasteiger partial charge on any atom is -0.493 e. The second-order valence-electron chi connectivity index (χ2n) is 7.46. The smallest absolute Gasteiger partial charge is 0.162 e. The zero-order valence-electron chi connectivity index (χ0n) is 18.5. The maximum atomic E-state index is 5.49. The monoisotopic (exact) mass is 433 g/mol. The average Bonchev–Trinajstić information content (AvgIpc) is 3.28. The lowest BCUT2D eigenvalue weighted by molar-refractivity contribution is 0.356. The number of ether oxygens (including phenoxy) is 2. The summed E-state index contributed by atoms with van der Waals surface area (Å²) in [4.78, 5) is 10.5. The quantitative estimate of drug-likeness (QED) is 0.364. The fourth-order valence-electron chi connectivity index (χ4n) is 3.79. The van der Waals surface area contributed by atoms with E-state index < -0.39 is 0 Å². The largest absolute Gasteiger partial charge is 0.493 e. The van der Waals surface area contributed by atoms with Crippen molar-refractivity contribution in [2.75, 3.05) is 19.5 Å². The number of rotatable bonds is 7. The third-order valence-electron chi connectivity index (χ3n) is 5.42. The van der Waals surface area contributed by atoms with E-state index in [4.69, 9.17) is 9.47 Å². The zero-order chi connectivity index (χ0) is 22.0. The summed E-state index contributed by atoms with van der Waals surface area (Å²) in [6, 6.07) is 14.8. The van der Waals surface area contributed by atoms with Crippen molar-refractivity contribution in [1.82, 2.24) is 9.97 Å². The average molecular weight is 434 g/mol. The van der Waals surface area contributed by atoms with Crippen LogP contribution in [0.25, 0.3) is 22.0 Å². The maximum Gasteiger partial charge on any atom is 0.162 e. The Balaban J connectivity index is 1.67. The van der Waals surface area contributed by atoms with E-state index in [-0.39, 0.29) is 6.04 Å². The minimum atomic E-state index is 0.0955. The molecule has 4 aromatic rings. The number of aromatic nitrogens is 2. The number of aryl methyl sites for hydroxylation is 2. The predicted molar refractivity (Wildman–Crippen MR) is 129 cm³/mol. The molecule has 0 fully saturated rings. The molecule has 0 radical (unpaired) electrons. The molecule has 0 aliphatic carbocycles. The van der Waals surface area contributed by atoms with Gasteiger partial charge in [-0.2, -0.15) is 0 Å². The van der Waals surface area contributed by atoms with Gasteiger partial charge in [-0.15, -0.1) is 11.3 Å². The molecule has 0 saturated carbocycles. The molecule has 0 amide bonds. The third-order valence-corrected chi connectivity index (χ3v) is 6.54. The normalized spacial score (nSPS) is 12.0. The second kappa shape index (κ2) is 8.94. The first kappa shape index (κ1) is 21.1. The van der Waals surface area contributed by atoms with Crippen LogP contribution >= 0.6 is 11.3 Å². The summed E-state index contributed by atoms with van der Waals surface area (Å²) in [5.74, 6) is 2.82. The Labute approximate surface area is 187 Å². The Bertz CT molecular complexity index is 1220. The van der Waals surface area contributed by atoms with Crippen molar-refractivity contribution < 1.29 is 9.47 Å². The molecule has 2 aromatic carbocycles. The van der Waals surface area contributed by atoms with Crippen LogP contribution in [0.3, 0.4) is 0 Å². The molecule has 0 aliphatic rings. The van der Waals surface area contributed by atoms with Gasteiger partial charge in [0.2, 0.25) is 0 Å². The second-order valence-corrected chi connectivity index (χ2v) is 8.40. The Morgan fingerprint density at radius 2 is 1.77 bits per heavy atom. The van der Waals surface area contributed by atoms with Crippen LogP contribution in [0.1, 0.15) is 36.2 Å². The predicted octanol–water partition coefficient (Wildman–Crippen LogP) is 6.42. The van der Waals surface area contributed by atoms with Crippen LogP contribution < -0.4 is 14.8 Å². The highest BCUT2D eigenvalue weighted by Gasteiger charge is 2.16. The summed E-state index contributed by atoms with van der Waals surface area (Å²) in [7, 11) is 3.26. The zero-order valence-corrected chi connectivity index (χ0v) is 19.3. The minimum absolute atomic E-state index is 0.0955. The fourth-order valence-corrected chi connectivity index (χ4v) is 4.71. The van der Waals surface area contributed by atoms with E-state index in [1.807, 2.05) is 19.1 Å². The molecule has 5 nitrogen and oxygen atoms in total. The Morgan fingerprint density at radius 1 is 1.03 bits per heavy atom. The van der Waals surface area contributed by atoms with E-state index in [1.54, 1.807) is 25.6 Å². The molecule has 0 saturated heterocycles. The van der Waals surface area contributed by atoms with Crippen molar-refractivity contribution in [3.8, 4) is 22.6 Å². The van der Waals surface area contributed by atoms with Gasteiger partial charge >= 0.3 is 0 Å². The Hall–Kier alpha value is -3.12. The number of fused-ring (bicyclic) bond motifs is 1. The molecular formula is C25H27N3O2S. The molecular weight excluding hydrogens is 406 g/mol.